The van der Waals surface area contributed by atoms with Crippen molar-refractivity contribution < 1.29 is 24.6 Å². The molecule has 0 aliphatic carbocycles. The Bertz CT molecular complexity index is 1020. The van der Waals surface area contributed by atoms with E-state index in [0.717, 1.165) is 5.56 Å². The number of benzene rings is 2. The van der Waals surface area contributed by atoms with E-state index in [9.17, 15) is 24.6 Å². The molecule has 0 spiro atoms. The fourth-order valence-corrected chi connectivity index (χ4v) is 4.84. The Morgan fingerprint density at radius 1 is 1.12 bits per heavy atom. The Morgan fingerprint density at radius 2 is 1.82 bits per heavy atom. The summed E-state index contributed by atoms with van der Waals surface area (Å²) in [4.78, 5) is 40.3. The van der Waals surface area contributed by atoms with Gasteiger partial charge in [-0.05, 0) is 51.0 Å². The minimum Gasteiger partial charge on any atom is -0.508 e. The predicted molar refractivity (Wildman–Crippen MR) is 131 cm³/mol. The zero-order valence-electron chi connectivity index (χ0n) is 19.5. The van der Waals surface area contributed by atoms with Gasteiger partial charge in [-0.15, -0.1) is 11.8 Å². The Morgan fingerprint density at radius 3 is 2.47 bits per heavy atom. The monoisotopic (exact) mass is 485 g/mol. The van der Waals surface area contributed by atoms with Gasteiger partial charge >= 0.3 is 0 Å². The zero-order chi connectivity index (χ0) is 24.9. The van der Waals surface area contributed by atoms with E-state index in [2.05, 4.69) is 10.6 Å². The van der Waals surface area contributed by atoms with Gasteiger partial charge in [0.1, 0.15) is 11.8 Å². The number of thioether (sulfide) groups is 1. The third-order valence-corrected chi connectivity index (χ3v) is 6.34. The van der Waals surface area contributed by atoms with Crippen molar-refractivity contribution in [2.75, 3.05) is 11.6 Å². The van der Waals surface area contributed by atoms with E-state index in [1.807, 2.05) is 51.1 Å². The number of phenols is 1. The number of nitrogens with one attached hydrogen (secondary N) is 2. The van der Waals surface area contributed by atoms with Gasteiger partial charge in [-0.1, -0.05) is 36.4 Å². The molecule has 0 aromatic heterocycles. The van der Waals surface area contributed by atoms with Crippen LogP contribution < -0.4 is 10.6 Å². The maximum absolute atomic E-state index is 13.3. The van der Waals surface area contributed by atoms with Crippen molar-refractivity contribution in [2.24, 2.45) is 0 Å². The van der Waals surface area contributed by atoms with Crippen molar-refractivity contribution in [3.63, 3.8) is 0 Å². The van der Waals surface area contributed by atoms with E-state index >= 15 is 0 Å². The van der Waals surface area contributed by atoms with Gasteiger partial charge < -0.3 is 25.7 Å². The first-order valence-electron chi connectivity index (χ1n) is 11.1. The number of carbonyl (C=O) groups is 3. The van der Waals surface area contributed by atoms with E-state index in [-0.39, 0.29) is 29.5 Å². The summed E-state index contributed by atoms with van der Waals surface area (Å²) in [5.74, 6) is -0.777. The van der Waals surface area contributed by atoms with Gasteiger partial charge in [0.25, 0.3) is 11.8 Å². The summed E-state index contributed by atoms with van der Waals surface area (Å²) in [5, 5.41) is 26.4. The quantitative estimate of drug-likeness (QED) is 0.476. The van der Waals surface area contributed by atoms with Gasteiger partial charge in [0.15, 0.2) is 6.10 Å². The van der Waals surface area contributed by atoms with Crippen LogP contribution in [0.25, 0.3) is 0 Å². The number of rotatable bonds is 7. The van der Waals surface area contributed by atoms with E-state index < -0.39 is 35.5 Å². The number of aliphatic hydroxyl groups excluding tert-OH is 1. The minimum absolute atomic E-state index is 0.0642. The molecule has 3 rings (SSSR count). The Labute approximate surface area is 203 Å². The molecular formula is C25H31N3O5S. The third-order valence-electron chi connectivity index (χ3n) is 5.32. The summed E-state index contributed by atoms with van der Waals surface area (Å²) in [6, 6.07) is 13.4. The number of aliphatic hydroxyl groups is 1. The topological polar surface area (TPSA) is 119 Å². The van der Waals surface area contributed by atoms with Crippen molar-refractivity contribution in [1.29, 1.82) is 0 Å². The van der Waals surface area contributed by atoms with Crippen LogP contribution in [0.3, 0.4) is 0 Å². The lowest BCUT2D eigenvalue weighted by Gasteiger charge is -2.31. The second-order valence-electron chi connectivity index (χ2n) is 9.33. The highest BCUT2D eigenvalue weighted by Gasteiger charge is 2.40. The molecule has 1 heterocycles. The molecule has 1 aliphatic heterocycles. The van der Waals surface area contributed by atoms with E-state index in [4.69, 9.17) is 0 Å². The molecule has 3 atom stereocenters. The van der Waals surface area contributed by atoms with Gasteiger partial charge in [0, 0.05) is 16.9 Å². The average molecular weight is 486 g/mol. The predicted octanol–water partition coefficient (Wildman–Crippen LogP) is 1.91. The maximum atomic E-state index is 13.3. The second kappa shape index (κ2) is 10.9. The molecule has 1 aliphatic rings. The lowest BCUT2D eigenvalue weighted by molar-refractivity contribution is -0.146. The largest absolute Gasteiger partial charge is 0.508 e. The van der Waals surface area contributed by atoms with Crippen molar-refractivity contribution in [1.82, 2.24) is 15.5 Å². The van der Waals surface area contributed by atoms with Gasteiger partial charge in [-0.2, -0.15) is 0 Å². The van der Waals surface area contributed by atoms with Crippen LogP contribution in [0.4, 0.5) is 0 Å². The van der Waals surface area contributed by atoms with Crippen LogP contribution in [0, 0.1) is 0 Å². The van der Waals surface area contributed by atoms with Crippen LogP contribution >= 0.6 is 11.8 Å². The van der Waals surface area contributed by atoms with E-state index in [1.54, 1.807) is 0 Å². The molecule has 1 fully saturated rings. The lowest BCUT2D eigenvalue weighted by Crippen LogP contribution is -2.57. The summed E-state index contributed by atoms with van der Waals surface area (Å²) >= 11 is 1.44. The summed E-state index contributed by atoms with van der Waals surface area (Å²) in [5.41, 5.74) is 0.577. The zero-order valence-corrected chi connectivity index (χ0v) is 20.3. The molecule has 0 bridgehead atoms. The molecule has 182 valence electrons. The number of carbonyl (C=O) groups excluding carboxylic acids is 3. The van der Waals surface area contributed by atoms with Crippen LogP contribution in [0.5, 0.6) is 5.75 Å². The number of hydrogen-bond acceptors (Lipinski definition) is 6. The van der Waals surface area contributed by atoms with Gasteiger partial charge in [-0.25, -0.2) is 0 Å². The van der Waals surface area contributed by atoms with Crippen molar-refractivity contribution >= 4 is 29.5 Å². The number of aromatic hydroxyl groups is 1. The Kier molecular flexibility index (Phi) is 8.22. The Balaban J connectivity index is 1.80. The van der Waals surface area contributed by atoms with Crippen molar-refractivity contribution in [2.45, 2.75) is 50.9 Å². The fraction of sp³-hybridized carbons (Fsp3) is 0.400. The molecule has 9 heteroatoms. The Hall–Kier alpha value is -3.04. The molecule has 3 amide bonds. The first kappa shape index (κ1) is 25.6. The van der Waals surface area contributed by atoms with Crippen molar-refractivity contribution in [3.8, 4) is 5.75 Å². The molecule has 4 N–H and O–H groups in total. The normalized spacial score (nSPS) is 17.6. The van der Waals surface area contributed by atoms with Crippen LogP contribution in [0.2, 0.25) is 0 Å². The maximum Gasteiger partial charge on any atom is 0.254 e. The average Bonchev–Trinajstić information content (AvgIpc) is 3.27. The number of amides is 3. The highest BCUT2D eigenvalue weighted by Crippen LogP contribution is 2.24. The second-order valence-corrected chi connectivity index (χ2v) is 10.3. The van der Waals surface area contributed by atoms with Crippen LogP contribution in [0.1, 0.15) is 36.7 Å². The standard InChI is InChI=1S/C25H31N3O5S/c1-25(2,3)27-23(32)20-14-34-15-28(20)24(33)21(30)19(12-16-8-5-4-6-9-16)26-22(31)17-10-7-11-18(29)13-17/h4-11,13,19-21,29-30H,12,14-15H2,1-3H3,(H,26,31)(H,27,32)/t19-,20?,21-/m0/s1. The summed E-state index contributed by atoms with van der Waals surface area (Å²) < 4.78 is 0. The molecular weight excluding hydrogens is 454 g/mol. The molecule has 2 aromatic rings. The molecule has 1 saturated heterocycles. The smallest absolute Gasteiger partial charge is 0.254 e. The number of phenolic OH excluding ortho intramolecular Hbond substituents is 1. The first-order chi connectivity index (χ1) is 16.0. The fourth-order valence-electron chi connectivity index (χ4n) is 3.68. The van der Waals surface area contributed by atoms with E-state index in [1.165, 1.54) is 40.9 Å². The summed E-state index contributed by atoms with van der Waals surface area (Å²) in [6.45, 7) is 5.59. The first-order valence-corrected chi connectivity index (χ1v) is 12.2. The minimum atomic E-state index is -1.56. The molecule has 0 saturated carbocycles. The molecule has 34 heavy (non-hydrogen) atoms. The summed E-state index contributed by atoms with van der Waals surface area (Å²) in [6.07, 6.45) is -1.36. The highest BCUT2D eigenvalue weighted by atomic mass is 32.2. The van der Waals surface area contributed by atoms with E-state index in [0.29, 0.717) is 5.75 Å². The third kappa shape index (κ3) is 6.74. The number of hydrogen-bond donors (Lipinski definition) is 4. The van der Waals surface area contributed by atoms with Gasteiger partial charge in [0.2, 0.25) is 5.91 Å². The van der Waals surface area contributed by atoms with Crippen LogP contribution in [0.15, 0.2) is 54.6 Å². The molecule has 1 unspecified atom stereocenters. The highest BCUT2D eigenvalue weighted by molar-refractivity contribution is 7.99. The number of nitrogens with zero attached hydrogens (tertiary/aromatic N) is 1. The molecule has 2 aromatic carbocycles. The molecule has 0 radical (unpaired) electrons. The lowest BCUT2D eigenvalue weighted by atomic mass is 9.99. The van der Waals surface area contributed by atoms with Gasteiger partial charge in [-0.3, -0.25) is 14.4 Å². The SMILES string of the molecule is CC(C)(C)NC(=O)C1CSCN1C(=O)[C@@H](O)[C@H](Cc1ccccc1)NC(=O)c1cccc(O)c1. The van der Waals surface area contributed by atoms with Crippen molar-refractivity contribution in [3.05, 3.63) is 65.7 Å². The van der Waals surface area contributed by atoms with Gasteiger partial charge in [0.05, 0.1) is 11.9 Å². The van der Waals surface area contributed by atoms with Crippen LogP contribution in [-0.2, 0) is 16.0 Å². The molecule has 8 nitrogen and oxygen atoms in total. The summed E-state index contributed by atoms with van der Waals surface area (Å²) in [7, 11) is 0. The van der Waals surface area contributed by atoms with Crippen LogP contribution in [-0.4, -0.2) is 68.2 Å².